The van der Waals surface area contributed by atoms with Crippen molar-refractivity contribution >= 4 is 27.5 Å². The van der Waals surface area contributed by atoms with E-state index < -0.39 is 5.54 Å². The van der Waals surface area contributed by atoms with Crippen LogP contribution in [0.25, 0.3) is 21.5 Å². The van der Waals surface area contributed by atoms with Crippen molar-refractivity contribution in [1.82, 2.24) is 0 Å². The number of hydrogen-bond acceptors (Lipinski definition) is 3. The fourth-order valence-electron chi connectivity index (χ4n) is 2.89. The Morgan fingerprint density at radius 1 is 1.00 bits per heavy atom. The van der Waals surface area contributed by atoms with E-state index in [9.17, 15) is 4.79 Å². The highest BCUT2D eigenvalue weighted by atomic mass is 16.5. The molecule has 0 bridgehead atoms. The molecule has 0 heterocycles. The maximum absolute atomic E-state index is 12.0. The lowest BCUT2D eigenvalue weighted by Gasteiger charge is -2.22. The van der Waals surface area contributed by atoms with Crippen LogP contribution in [0.3, 0.4) is 0 Å². The van der Waals surface area contributed by atoms with Crippen molar-refractivity contribution in [3.63, 3.8) is 0 Å². The van der Waals surface area contributed by atoms with E-state index in [1.165, 1.54) is 16.2 Å². The number of carbonyl (C=O) groups is 1. The van der Waals surface area contributed by atoms with Crippen LogP contribution < -0.4 is 5.73 Å². The Labute approximate surface area is 136 Å². The van der Waals surface area contributed by atoms with Gasteiger partial charge < -0.3 is 10.5 Å². The lowest BCUT2D eigenvalue weighted by atomic mass is 9.92. The van der Waals surface area contributed by atoms with Gasteiger partial charge in [-0.2, -0.15) is 0 Å². The van der Waals surface area contributed by atoms with Crippen LogP contribution in [-0.4, -0.2) is 18.1 Å². The van der Waals surface area contributed by atoms with Crippen LogP contribution in [-0.2, 0) is 16.0 Å². The van der Waals surface area contributed by atoms with Crippen molar-refractivity contribution in [2.75, 3.05) is 6.61 Å². The van der Waals surface area contributed by atoms with Gasteiger partial charge in [0, 0.05) is 6.42 Å². The Kier molecular flexibility index (Phi) is 4.05. The highest BCUT2D eigenvalue weighted by Crippen LogP contribution is 2.25. The molecule has 0 unspecified atom stereocenters. The van der Waals surface area contributed by atoms with Gasteiger partial charge in [0.25, 0.3) is 0 Å². The minimum Gasteiger partial charge on any atom is -0.465 e. The summed E-state index contributed by atoms with van der Waals surface area (Å²) in [4.78, 5) is 12.0. The first-order chi connectivity index (χ1) is 11.0. The molecular weight excluding hydrogens is 286 g/mol. The van der Waals surface area contributed by atoms with Gasteiger partial charge in [0.05, 0.1) is 6.61 Å². The quantitative estimate of drug-likeness (QED) is 0.589. The molecule has 3 rings (SSSR count). The van der Waals surface area contributed by atoms with Gasteiger partial charge in [0.2, 0.25) is 0 Å². The third-order valence-electron chi connectivity index (χ3n) is 4.08. The van der Waals surface area contributed by atoms with Crippen molar-refractivity contribution in [2.24, 2.45) is 5.73 Å². The largest absolute Gasteiger partial charge is 0.465 e. The van der Waals surface area contributed by atoms with E-state index >= 15 is 0 Å². The van der Waals surface area contributed by atoms with Gasteiger partial charge >= 0.3 is 5.97 Å². The maximum Gasteiger partial charge on any atom is 0.326 e. The molecule has 0 aromatic heterocycles. The monoisotopic (exact) mass is 307 g/mol. The summed E-state index contributed by atoms with van der Waals surface area (Å²) in [6.07, 6.45) is 0.453. The zero-order valence-electron chi connectivity index (χ0n) is 13.5. The van der Waals surface area contributed by atoms with Crippen LogP contribution in [0.15, 0.2) is 54.6 Å². The van der Waals surface area contributed by atoms with E-state index in [2.05, 4.69) is 36.4 Å². The Hall–Kier alpha value is -2.39. The molecule has 23 heavy (non-hydrogen) atoms. The summed E-state index contributed by atoms with van der Waals surface area (Å²) in [5, 5.41) is 4.77. The molecule has 0 spiro atoms. The topological polar surface area (TPSA) is 52.3 Å². The average molecular weight is 307 g/mol. The highest BCUT2D eigenvalue weighted by molar-refractivity contribution is 5.98. The number of benzene rings is 3. The summed E-state index contributed by atoms with van der Waals surface area (Å²) in [7, 11) is 0. The second kappa shape index (κ2) is 6.01. The minimum absolute atomic E-state index is 0.343. The van der Waals surface area contributed by atoms with E-state index in [4.69, 9.17) is 10.5 Å². The van der Waals surface area contributed by atoms with E-state index in [0.717, 1.165) is 10.9 Å². The van der Waals surface area contributed by atoms with Crippen LogP contribution in [0.2, 0.25) is 0 Å². The number of fused-ring (bicyclic) bond motifs is 2. The van der Waals surface area contributed by atoms with Crippen molar-refractivity contribution in [2.45, 2.75) is 25.8 Å². The third kappa shape index (κ3) is 3.20. The van der Waals surface area contributed by atoms with Gasteiger partial charge in [-0.25, -0.2) is 0 Å². The molecule has 3 nitrogen and oxygen atoms in total. The first kappa shape index (κ1) is 15.5. The molecule has 0 fully saturated rings. The molecule has 3 aromatic rings. The van der Waals surface area contributed by atoms with E-state index in [0.29, 0.717) is 13.0 Å². The number of esters is 1. The zero-order chi connectivity index (χ0) is 16.4. The zero-order valence-corrected chi connectivity index (χ0v) is 13.5. The summed E-state index contributed by atoms with van der Waals surface area (Å²) in [6.45, 7) is 3.85. The fourth-order valence-corrected chi connectivity index (χ4v) is 2.89. The molecule has 0 saturated carbocycles. The molecule has 2 N–H and O–H groups in total. The second-order valence-corrected chi connectivity index (χ2v) is 6.20. The molecule has 0 aliphatic heterocycles. The Morgan fingerprint density at radius 2 is 1.61 bits per heavy atom. The van der Waals surface area contributed by atoms with Crippen LogP contribution in [0.5, 0.6) is 0 Å². The van der Waals surface area contributed by atoms with Crippen molar-refractivity contribution in [3.05, 3.63) is 60.2 Å². The molecule has 0 aliphatic carbocycles. The standard InChI is InChI=1S/C20H21NO2/c1-3-23-19(22)20(2,21)13-14-8-9-17-11-15-6-4-5-7-16(15)12-18(17)10-14/h4-12H,3,13,21H2,1-2H3/t20-/m0/s1. The molecule has 3 aromatic carbocycles. The molecule has 0 saturated heterocycles. The molecule has 0 radical (unpaired) electrons. The number of rotatable bonds is 4. The average Bonchev–Trinajstić information content (AvgIpc) is 2.52. The van der Waals surface area contributed by atoms with Crippen LogP contribution in [0, 0.1) is 0 Å². The molecule has 118 valence electrons. The van der Waals surface area contributed by atoms with Gasteiger partial charge in [-0.1, -0.05) is 42.5 Å². The fraction of sp³-hybridized carbons (Fsp3) is 0.250. The van der Waals surface area contributed by atoms with Crippen molar-refractivity contribution in [1.29, 1.82) is 0 Å². The summed E-state index contributed by atoms with van der Waals surface area (Å²) in [5.41, 5.74) is 6.16. The lowest BCUT2D eigenvalue weighted by molar-refractivity contribution is -0.148. The first-order valence-corrected chi connectivity index (χ1v) is 7.87. The lowest BCUT2D eigenvalue weighted by Crippen LogP contribution is -2.48. The maximum atomic E-state index is 12.0. The van der Waals surface area contributed by atoms with Crippen molar-refractivity contribution < 1.29 is 9.53 Å². The Bertz CT molecular complexity index is 868. The summed E-state index contributed by atoms with van der Waals surface area (Å²) in [5.74, 6) is -0.362. The third-order valence-corrected chi connectivity index (χ3v) is 4.08. The van der Waals surface area contributed by atoms with Gasteiger partial charge in [-0.15, -0.1) is 0 Å². The molecule has 0 aliphatic rings. The Balaban J connectivity index is 1.96. The molecular formula is C20H21NO2. The molecule has 0 amide bonds. The van der Waals surface area contributed by atoms with Crippen LogP contribution in [0.4, 0.5) is 0 Å². The van der Waals surface area contributed by atoms with E-state index in [1.807, 2.05) is 18.2 Å². The number of carbonyl (C=O) groups excluding carboxylic acids is 1. The van der Waals surface area contributed by atoms with Gasteiger partial charge in [-0.05, 0) is 53.1 Å². The second-order valence-electron chi connectivity index (χ2n) is 6.20. The molecule has 1 atom stereocenters. The first-order valence-electron chi connectivity index (χ1n) is 7.87. The van der Waals surface area contributed by atoms with Crippen molar-refractivity contribution in [3.8, 4) is 0 Å². The number of nitrogens with two attached hydrogens (primary N) is 1. The normalized spacial score (nSPS) is 13.9. The van der Waals surface area contributed by atoms with E-state index in [-0.39, 0.29) is 5.97 Å². The van der Waals surface area contributed by atoms with Gasteiger partial charge in [-0.3, -0.25) is 4.79 Å². The van der Waals surface area contributed by atoms with Crippen LogP contribution >= 0.6 is 0 Å². The van der Waals surface area contributed by atoms with Crippen LogP contribution in [0.1, 0.15) is 19.4 Å². The Morgan fingerprint density at radius 3 is 2.26 bits per heavy atom. The summed E-state index contributed by atoms with van der Waals surface area (Å²) >= 11 is 0. The van der Waals surface area contributed by atoms with Gasteiger partial charge in [0.1, 0.15) is 5.54 Å². The highest BCUT2D eigenvalue weighted by Gasteiger charge is 2.30. The predicted molar refractivity (Wildman–Crippen MR) is 94.4 cm³/mol. The predicted octanol–water partition coefficient (Wildman–Crippen LogP) is 3.82. The summed E-state index contributed by atoms with van der Waals surface area (Å²) in [6, 6.07) is 18.9. The van der Waals surface area contributed by atoms with E-state index in [1.54, 1.807) is 13.8 Å². The van der Waals surface area contributed by atoms with Gasteiger partial charge in [0.15, 0.2) is 0 Å². The minimum atomic E-state index is -1.01. The number of hydrogen-bond donors (Lipinski definition) is 1. The SMILES string of the molecule is CCOC(=O)[C@@](C)(N)Cc1ccc2cc3ccccc3cc2c1. The number of ether oxygens (including phenoxy) is 1. The summed E-state index contributed by atoms with van der Waals surface area (Å²) < 4.78 is 5.06. The molecule has 3 heteroatoms. The smallest absolute Gasteiger partial charge is 0.326 e.